The summed E-state index contributed by atoms with van der Waals surface area (Å²) >= 11 is 0. The maximum Gasteiger partial charge on any atom is 0.326 e. The normalized spacial score (nSPS) is 20.7. The van der Waals surface area contributed by atoms with Gasteiger partial charge in [0.05, 0.1) is 5.92 Å². The van der Waals surface area contributed by atoms with Gasteiger partial charge >= 0.3 is 5.97 Å². The fraction of sp³-hybridized carbons (Fsp3) is 0.419. The van der Waals surface area contributed by atoms with Crippen molar-refractivity contribution in [2.75, 3.05) is 12.3 Å². The number of carboxylic acids is 1. The van der Waals surface area contributed by atoms with Crippen LogP contribution in [0.25, 0.3) is 11.1 Å². The minimum Gasteiger partial charge on any atom is -0.480 e. The van der Waals surface area contributed by atoms with Crippen molar-refractivity contribution in [3.63, 3.8) is 0 Å². The zero-order chi connectivity index (χ0) is 27.7. The van der Waals surface area contributed by atoms with Gasteiger partial charge in [0, 0.05) is 12.3 Å². The number of amides is 1. The summed E-state index contributed by atoms with van der Waals surface area (Å²) in [5, 5.41) is 12.4. The molecule has 0 aliphatic heterocycles. The van der Waals surface area contributed by atoms with E-state index in [1.807, 2.05) is 73.7 Å². The molecular formula is C31H40NO5P. The highest BCUT2D eigenvalue weighted by Gasteiger charge is 2.33. The highest BCUT2D eigenvalue weighted by molar-refractivity contribution is 7.58. The third-order valence-corrected chi connectivity index (χ3v) is 9.54. The molecule has 6 atom stereocenters. The number of carboxylic acid groups (broad SMARTS) is 1. The Labute approximate surface area is 226 Å². The molecule has 0 radical (unpaired) electrons. The SMILES string of the molecule is CCC(C)C(NC(=O)C(Cc1ccc(-c2ccccc2)cc1)CP(=O)(O)CCC1C=CC=CC1C)C(=O)O. The van der Waals surface area contributed by atoms with Gasteiger partial charge in [-0.1, -0.05) is 106 Å². The zero-order valence-corrected chi connectivity index (χ0v) is 23.4. The van der Waals surface area contributed by atoms with E-state index < -0.39 is 31.2 Å². The van der Waals surface area contributed by atoms with Crippen LogP contribution < -0.4 is 5.32 Å². The van der Waals surface area contributed by atoms with E-state index in [1.54, 1.807) is 6.92 Å². The van der Waals surface area contributed by atoms with Gasteiger partial charge in [-0.05, 0) is 47.3 Å². The van der Waals surface area contributed by atoms with E-state index in [0.717, 1.165) is 16.7 Å². The lowest BCUT2D eigenvalue weighted by atomic mass is 9.88. The molecule has 0 fully saturated rings. The van der Waals surface area contributed by atoms with E-state index in [9.17, 15) is 24.2 Å². The Morgan fingerprint density at radius 2 is 1.63 bits per heavy atom. The van der Waals surface area contributed by atoms with Crippen LogP contribution in [-0.2, 0) is 20.6 Å². The largest absolute Gasteiger partial charge is 0.480 e. The maximum atomic E-state index is 13.4. The predicted octanol–water partition coefficient (Wildman–Crippen LogP) is 6.17. The Balaban J connectivity index is 1.77. The average molecular weight is 538 g/mol. The molecule has 38 heavy (non-hydrogen) atoms. The van der Waals surface area contributed by atoms with Gasteiger partial charge < -0.3 is 15.3 Å². The second kappa shape index (κ2) is 13.7. The summed E-state index contributed by atoms with van der Waals surface area (Å²) in [6.07, 6.45) is 9.42. The average Bonchev–Trinajstić information content (AvgIpc) is 2.91. The summed E-state index contributed by atoms with van der Waals surface area (Å²) in [6, 6.07) is 16.7. The molecule has 3 rings (SSSR count). The van der Waals surface area contributed by atoms with Gasteiger partial charge in [-0.2, -0.15) is 0 Å². The number of benzene rings is 2. The molecule has 0 bridgehead atoms. The number of carbonyl (C=O) groups excluding carboxylic acids is 1. The molecule has 1 amide bonds. The molecule has 6 nitrogen and oxygen atoms in total. The first kappa shape index (κ1) is 29.6. The van der Waals surface area contributed by atoms with Crippen molar-refractivity contribution in [3.05, 3.63) is 84.5 Å². The quantitative estimate of drug-likeness (QED) is 0.265. The van der Waals surface area contributed by atoms with Crippen molar-refractivity contribution in [2.24, 2.45) is 23.7 Å². The van der Waals surface area contributed by atoms with E-state index in [1.165, 1.54) is 0 Å². The van der Waals surface area contributed by atoms with Gasteiger partial charge in [0.25, 0.3) is 0 Å². The summed E-state index contributed by atoms with van der Waals surface area (Å²) in [4.78, 5) is 36.2. The minimum absolute atomic E-state index is 0.116. The van der Waals surface area contributed by atoms with Crippen LogP contribution in [0, 0.1) is 23.7 Å². The molecule has 204 valence electrons. The molecule has 1 aliphatic rings. The van der Waals surface area contributed by atoms with Crippen LogP contribution >= 0.6 is 7.37 Å². The number of hydrogen-bond donors (Lipinski definition) is 3. The van der Waals surface area contributed by atoms with Gasteiger partial charge in [0.2, 0.25) is 13.3 Å². The predicted molar refractivity (Wildman–Crippen MR) is 153 cm³/mol. The Kier molecular flexibility index (Phi) is 10.7. The van der Waals surface area contributed by atoms with Crippen LogP contribution in [-0.4, -0.2) is 40.2 Å². The van der Waals surface area contributed by atoms with Crippen molar-refractivity contribution < 1.29 is 24.2 Å². The summed E-state index contributed by atoms with van der Waals surface area (Å²) in [7, 11) is -3.65. The fourth-order valence-corrected chi connectivity index (χ4v) is 6.72. The monoisotopic (exact) mass is 537 g/mol. The van der Waals surface area contributed by atoms with Gasteiger partial charge in [-0.25, -0.2) is 4.79 Å². The van der Waals surface area contributed by atoms with Crippen molar-refractivity contribution in [3.8, 4) is 11.1 Å². The molecule has 0 saturated heterocycles. The molecule has 0 heterocycles. The van der Waals surface area contributed by atoms with Crippen LogP contribution in [0.4, 0.5) is 0 Å². The number of allylic oxidation sites excluding steroid dienone is 4. The van der Waals surface area contributed by atoms with Gasteiger partial charge in [-0.15, -0.1) is 0 Å². The lowest BCUT2D eigenvalue weighted by molar-refractivity contribution is -0.143. The second-order valence-corrected chi connectivity index (χ2v) is 13.0. The first-order valence-corrected chi connectivity index (χ1v) is 15.5. The number of carbonyl (C=O) groups is 2. The molecular weight excluding hydrogens is 497 g/mol. The minimum atomic E-state index is -3.65. The molecule has 7 heteroatoms. The lowest BCUT2D eigenvalue weighted by Gasteiger charge is -2.26. The summed E-state index contributed by atoms with van der Waals surface area (Å²) in [5.41, 5.74) is 2.97. The molecule has 2 aromatic carbocycles. The molecule has 0 saturated carbocycles. The molecule has 3 N–H and O–H groups in total. The Morgan fingerprint density at radius 1 is 1.00 bits per heavy atom. The van der Waals surface area contributed by atoms with Crippen LogP contribution in [0.2, 0.25) is 0 Å². The van der Waals surface area contributed by atoms with E-state index in [-0.39, 0.29) is 36.5 Å². The van der Waals surface area contributed by atoms with E-state index in [4.69, 9.17) is 0 Å². The summed E-state index contributed by atoms with van der Waals surface area (Å²) in [6.45, 7) is 5.74. The Hall–Kier alpha value is -2.95. The molecule has 2 aromatic rings. The van der Waals surface area contributed by atoms with Crippen LogP contribution in [0.3, 0.4) is 0 Å². The molecule has 0 aromatic heterocycles. The van der Waals surface area contributed by atoms with Gasteiger partial charge in [0.15, 0.2) is 0 Å². The fourth-order valence-electron chi connectivity index (χ4n) is 4.85. The number of hydrogen-bond acceptors (Lipinski definition) is 3. The third kappa shape index (κ3) is 8.54. The van der Waals surface area contributed by atoms with Crippen LogP contribution in [0.5, 0.6) is 0 Å². The Morgan fingerprint density at radius 3 is 2.24 bits per heavy atom. The van der Waals surface area contributed by atoms with Crippen molar-refractivity contribution >= 4 is 19.2 Å². The topological polar surface area (TPSA) is 104 Å². The lowest BCUT2D eigenvalue weighted by Crippen LogP contribution is -2.48. The van der Waals surface area contributed by atoms with Crippen molar-refractivity contribution in [1.29, 1.82) is 0 Å². The second-order valence-electron chi connectivity index (χ2n) is 10.5. The number of rotatable bonds is 13. The van der Waals surface area contributed by atoms with Gasteiger partial charge in [0.1, 0.15) is 6.04 Å². The number of aliphatic carboxylic acids is 1. The van der Waals surface area contributed by atoms with E-state index >= 15 is 0 Å². The molecule has 1 aliphatic carbocycles. The van der Waals surface area contributed by atoms with E-state index in [0.29, 0.717) is 12.8 Å². The first-order valence-electron chi connectivity index (χ1n) is 13.4. The third-order valence-electron chi connectivity index (χ3n) is 7.57. The molecule has 0 spiro atoms. The highest BCUT2D eigenvalue weighted by Crippen LogP contribution is 2.45. The summed E-state index contributed by atoms with van der Waals surface area (Å²) in [5.74, 6) is -2.21. The standard InChI is InChI=1S/C31H40NO5P/c1-4-22(2)29(31(34)35)32-30(33)28(21-38(36,37)19-18-25-11-9-8-10-23(25)3)20-24-14-16-27(17-15-24)26-12-6-5-7-13-26/h5-17,22-23,25,28-29H,4,18-21H2,1-3H3,(H,32,33)(H,34,35)(H,36,37). The van der Waals surface area contributed by atoms with Crippen LogP contribution in [0.15, 0.2) is 78.9 Å². The first-order chi connectivity index (χ1) is 18.1. The van der Waals surface area contributed by atoms with Crippen molar-refractivity contribution in [2.45, 2.75) is 46.1 Å². The smallest absolute Gasteiger partial charge is 0.326 e. The summed E-state index contributed by atoms with van der Waals surface area (Å²) < 4.78 is 13.3. The zero-order valence-electron chi connectivity index (χ0n) is 22.5. The Bertz CT molecular complexity index is 1170. The highest BCUT2D eigenvalue weighted by atomic mass is 31.2. The van der Waals surface area contributed by atoms with Crippen LogP contribution in [0.1, 0.15) is 39.2 Å². The maximum absolute atomic E-state index is 13.4. The van der Waals surface area contributed by atoms with E-state index in [2.05, 4.69) is 24.4 Å². The van der Waals surface area contributed by atoms with Gasteiger partial charge in [-0.3, -0.25) is 9.36 Å². The van der Waals surface area contributed by atoms with Crippen molar-refractivity contribution in [1.82, 2.24) is 5.32 Å². The molecule has 6 unspecified atom stereocenters. The number of nitrogens with one attached hydrogen (secondary N) is 1.